The van der Waals surface area contributed by atoms with E-state index in [1.165, 1.54) is 11.1 Å². The zero-order valence-corrected chi connectivity index (χ0v) is 15.5. The van der Waals surface area contributed by atoms with E-state index in [4.69, 9.17) is 25.8 Å². The molecule has 0 amide bonds. The Labute approximate surface area is 153 Å². The second-order valence-corrected chi connectivity index (χ2v) is 5.83. The fourth-order valence-electron chi connectivity index (χ4n) is 3.08. The fraction of sp³-hybridized carbons (Fsp3) is 0.333. The highest BCUT2D eigenvalue weighted by Crippen LogP contribution is 2.44. The molecule has 1 unspecified atom stereocenters. The van der Waals surface area contributed by atoms with Gasteiger partial charge in [0.2, 0.25) is 0 Å². The van der Waals surface area contributed by atoms with Crippen molar-refractivity contribution >= 4 is 24.0 Å². The van der Waals surface area contributed by atoms with Crippen molar-refractivity contribution in [2.75, 3.05) is 27.9 Å². The van der Waals surface area contributed by atoms with Crippen LogP contribution in [0.15, 0.2) is 30.3 Å². The molecule has 2 aromatic rings. The van der Waals surface area contributed by atoms with Crippen molar-refractivity contribution < 1.29 is 14.2 Å². The van der Waals surface area contributed by atoms with Gasteiger partial charge in [-0.2, -0.15) is 0 Å². The van der Waals surface area contributed by atoms with E-state index in [1.54, 1.807) is 21.3 Å². The highest BCUT2D eigenvalue weighted by molar-refractivity contribution is 6.33. The van der Waals surface area contributed by atoms with Crippen molar-refractivity contribution in [2.24, 2.45) is 0 Å². The topological polar surface area (TPSA) is 39.7 Å². The van der Waals surface area contributed by atoms with Gasteiger partial charge in [-0.25, -0.2) is 0 Å². The molecule has 130 valence electrons. The maximum atomic E-state index is 6.55. The summed E-state index contributed by atoms with van der Waals surface area (Å²) >= 11 is 6.55. The van der Waals surface area contributed by atoms with Gasteiger partial charge in [0.15, 0.2) is 11.5 Å². The Balaban J connectivity index is 0.00000208. The van der Waals surface area contributed by atoms with Crippen molar-refractivity contribution in [2.45, 2.75) is 12.5 Å². The molecule has 1 aliphatic rings. The standard InChI is InChI=1S/C18H20ClNO3.ClH/c1-21-12-6-4-11(5-7-12)14-9-20-10-15-13(14)8-16(22-2)18(23-3)17(15)19;/h4-8,14,20H,9-10H2,1-3H3;1H. The van der Waals surface area contributed by atoms with E-state index in [1.807, 2.05) is 18.2 Å². The monoisotopic (exact) mass is 369 g/mol. The van der Waals surface area contributed by atoms with Crippen molar-refractivity contribution in [3.05, 3.63) is 52.0 Å². The molecule has 4 nitrogen and oxygen atoms in total. The molecule has 0 fully saturated rings. The quantitative estimate of drug-likeness (QED) is 0.883. The SMILES string of the molecule is COc1ccc(C2CNCc3c2cc(OC)c(OC)c3Cl)cc1.Cl. The van der Waals surface area contributed by atoms with Gasteiger partial charge < -0.3 is 19.5 Å². The highest BCUT2D eigenvalue weighted by Gasteiger charge is 2.27. The van der Waals surface area contributed by atoms with Gasteiger partial charge in [0.1, 0.15) is 5.75 Å². The van der Waals surface area contributed by atoms with E-state index in [-0.39, 0.29) is 18.3 Å². The van der Waals surface area contributed by atoms with Crippen LogP contribution < -0.4 is 19.5 Å². The lowest BCUT2D eigenvalue weighted by Crippen LogP contribution is -2.29. The molecule has 6 heteroatoms. The Kier molecular flexibility index (Phi) is 6.21. The summed E-state index contributed by atoms with van der Waals surface area (Å²) in [6.07, 6.45) is 0. The predicted octanol–water partition coefficient (Wildman–Crippen LogP) is 4.02. The lowest BCUT2D eigenvalue weighted by atomic mass is 9.85. The van der Waals surface area contributed by atoms with Crippen LogP contribution in [0.2, 0.25) is 5.02 Å². The molecule has 0 aromatic heterocycles. The first-order chi connectivity index (χ1) is 11.2. The zero-order valence-electron chi connectivity index (χ0n) is 13.9. The van der Waals surface area contributed by atoms with Crippen LogP contribution in [0.1, 0.15) is 22.6 Å². The molecule has 0 radical (unpaired) electrons. The first kappa shape index (κ1) is 18.7. The van der Waals surface area contributed by atoms with Crippen LogP contribution in [0.3, 0.4) is 0 Å². The molecule has 0 bridgehead atoms. The summed E-state index contributed by atoms with van der Waals surface area (Å²) in [5, 5.41) is 4.05. The van der Waals surface area contributed by atoms with E-state index < -0.39 is 0 Å². The second-order valence-electron chi connectivity index (χ2n) is 5.45. The maximum absolute atomic E-state index is 6.55. The molecule has 0 spiro atoms. The molecule has 0 saturated carbocycles. The molecule has 24 heavy (non-hydrogen) atoms. The second kappa shape index (κ2) is 7.97. The largest absolute Gasteiger partial charge is 0.497 e. The zero-order chi connectivity index (χ0) is 16.4. The van der Waals surface area contributed by atoms with Gasteiger partial charge in [-0.05, 0) is 34.9 Å². The van der Waals surface area contributed by atoms with E-state index in [9.17, 15) is 0 Å². The molecule has 3 rings (SSSR count). The number of fused-ring (bicyclic) bond motifs is 1. The van der Waals surface area contributed by atoms with Crippen molar-refractivity contribution in [3.63, 3.8) is 0 Å². The number of ether oxygens (including phenoxy) is 3. The maximum Gasteiger partial charge on any atom is 0.179 e. The molecule has 1 N–H and O–H groups in total. The minimum Gasteiger partial charge on any atom is -0.497 e. The molecule has 1 atom stereocenters. The molecule has 1 aliphatic heterocycles. The number of nitrogens with one attached hydrogen (secondary N) is 1. The molecular weight excluding hydrogens is 349 g/mol. The number of rotatable bonds is 4. The molecule has 1 heterocycles. The van der Waals surface area contributed by atoms with Gasteiger partial charge in [-0.3, -0.25) is 0 Å². The van der Waals surface area contributed by atoms with Crippen LogP contribution in [0.5, 0.6) is 17.2 Å². The van der Waals surface area contributed by atoms with Crippen LogP contribution >= 0.6 is 24.0 Å². The molecular formula is C18H21Cl2NO3. The molecule has 2 aromatic carbocycles. The van der Waals surface area contributed by atoms with Crippen molar-refractivity contribution in [1.82, 2.24) is 5.32 Å². The Morgan fingerprint density at radius 3 is 2.33 bits per heavy atom. The number of hydrogen-bond acceptors (Lipinski definition) is 4. The summed E-state index contributed by atoms with van der Waals surface area (Å²) < 4.78 is 16.1. The number of halogens is 2. The van der Waals surface area contributed by atoms with Gasteiger partial charge in [0.25, 0.3) is 0 Å². The highest BCUT2D eigenvalue weighted by atomic mass is 35.5. The summed E-state index contributed by atoms with van der Waals surface area (Å²) in [5.74, 6) is 2.31. The Bertz CT molecular complexity index is 704. The lowest BCUT2D eigenvalue weighted by molar-refractivity contribution is 0.353. The third-order valence-electron chi connectivity index (χ3n) is 4.29. The van der Waals surface area contributed by atoms with Gasteiger partial charge in [0, 0.05) is 19.0 Å². The van der Waals surface area contributed by atoms with E-state index in [0.717, 1.165) is 24.4 Å². The van der Waals surface area contributed by atoms with Gasteiger partial charge in [-0.15, -0.1) is 12.4 Å². The van der Waals surface area contributed by atoms with Gasteiger partial charge in [-0.1, -0.05) is 23.7 Å². The summed E-state index contributed by atoms with van der Waals surface area (Å²) in [7, 11) is 4.90. The van der Waals surface area contributed by atoms with Crippen molar-refractivity contribution in [3.8, 4) is 17.2 Å². The third-order valence-corrected chi connectivity index (χ3v) is 4.69. The van der Waals surface area contributed by atoms with Crippen molar-refractivity contribution in [1.29, 1.82) is 0 Å². The van der Waals surface area contributed by atoms with E-state index in [2.05, 4.69) is 17.4 Å². The third kappa shape index (κ3) is 3.27. The average molecular weight is 370 g/mol. The Morgan fingerprint density at radius 2 is 1.75 bits per heavy atom. The summed E-state index contributed by atoms with van der Waals surface area (Å²) in [5.41, 5.74) is 3.45. The van der Waals surface area contributed by atoms with Crippen LogP contribution in [-0.4, -0.2) is 27.9 Å². The van der Waals surface area contributed by atoms with Crippen LogP contribution in [0.4, 0.5) is 0 Å². The van der Waals surface area contributed by atoms with Gasteiger partial charge >= 0.3 is 0 Å². The Morgan fingerprint density at radius 1 is 1.04 bits per heavy atom. The lowest BCUT2D eigenvalue weighted by Gasteiger charge is -2.29. The number of benzene rings is 2. The number of methoxy groups -OCH3 is 3. The van der Waals surface area contributed by atoms with E-state index >= 15 is 0 Å². The van der Waals surface area contributed by atoms with Crippen LogP contribution in [0, 0.1) is 0 Å². The smallest absolute Gasteiger partial charge is 0.179 e. The minimum absolute atomic E-state index is 0. The fourth-order valence-corrected chi connectivity index (χ4v) is 3.43. The summed E-state index contributed by atoms with van der Waals surface area (Å²) in [6.45, 7) is 1.58. The number of hydrogen-bond donors (Lipinski definition) is 1. The predicted molar refractivity (Wildman–Crippen MR) is 98.3 cm³/mol. The Hall–Kier alpha value is -1.62. The van der Waals surface area contributed by atoms with Crippen LogP contribution in [-0.2, 0) is 6.54 Å². The molecule has 0 saturated heterocycles. The first-order valence-electron chi connectivity index (χ1n) is 7.47. The molecule has 0 aliphatic carbocycles. The average Bonchev–Trinajstić information content (AvgIpc) is 2.61. The summed E-state index contributed by atoms with van der Waals surface area (Å²) in [4.78, 5) is 0. The minimum atomic E-state index is 0. The van der Waals surface area contributed by atoms with E-state index in [0.29, 0.717) is 16.5 Å². The summed E-state index contributed by atoms with van der Waals surface area (Å²) in [6, 6.07) is 10.2. The van der Waals surface area contributed by atoms with Crippen LogP contribution in [0.25, 0.3) is 0 Å². The first-order valence-corrected chi connectivity index (χ1v) is 7.85. The normalized spacial score (nSPS) is 15.9. The van der Waals surface area contributed by atoms with Gasteiger partial charge in [0.05, 0.1) is 26.4 Å².